The smallest absolute Gasteiger partial charge is 0.411 e. The molecule has 0 aromatic heterocycles. The molecule has 18 heavy (non-hydrogen) atoms. The molecule has 1 heterocycles. The van der Waals surface area contributed by atoms with Gasteiger partial charge in [0.2, 0.25) is 0 Å². The number of β-amino-alcohol motifs (C(OH)–C–C–N with tert-alkyl or cyclic N) is 1. The van der Waals surface area contributed by atoms with Crippen molar-refractivity contribution < 1.29 is 24.2 Å². The number of esters is 1. The maximum atomic E-state index is 12.0. The Hall–Kier alpha value is -1.30. The zero-order valence-corrected chi connectivity index (χ0v) is 11.5. The lowest BCUT2D eigenvalue weighted by atomic mass is 10.0. The average Bonchev–Trinajstić information content (AvgIpc) is 2.52. The molecule has 1 saturated heterocycles. The fourth-order valence-electron chi connectivity index (χ4n) is 1.95. The quantitative estimate of drug-likeness (QED) is 0.704. The van der Waals surface area contributed by atoms with Crippen LogP contribution in [-0.2, 0) is 14.3 Å². The summed E-state index contributed by atoms with van der Waals surface area (Å²) in [4.78, 5) is 24.9. The number of hydrogen-bond acceptors (Lipinski definition) is 5. The summed E-state index contributed by atoms with van der Waals surface area (Å²) in [6, 6.07) is -0.792. The Balaban J connectivity index is 2.86. The molecule has 0 radical (unpaired) electrons. The molecule has 6 heteroatoms. The molecule has 0 aromatic rings. The van der Waals surface area contributed by atoms with E-state index in [0.717, 1.165) is 0 Å². The van der Waals surface area contributed by atoms with E-state index in [9.17, 15) is 14.7 Å². The Labute approximate surface area is 107 Å². The van der Waals surface area contributed by atoms with Crippen molar-refractivity contribution in [3.8, 4) is 0 Å². The van der Waals surface area contributed by atoms with E-state index in [1.54, 1.807) is 27.7 Å². The van der Waals surface area contributed by atoms with Crippen LogP contribution < -0.4 is 0 Å². The fraction of sp³-hybridized carbons (Fsp3) is 0.833. The Bertz CT molecular complexity index is 336. The van der Waals surface area contributed by atoms with E-state index in [4.69, 9.17) is 4.74 Å². The molecular weight excluding hydrogens is 238 g/mol. The maximum Gasteiger partial charge on any atom is 0.411 e. The number of carbonyl (C=O) groups excluding carboxylic acids is 2. The van der Waals surface area contributed by atoms with Gasteiger partial charge in [-0.05, 0) is 20.8 Å². The van der Waals surface area contributed by atoms with Crippen LogP contribution in [0.4, 0.5) is 4.79 Å². The first kappa shape index (κ1) is 14.8. The minimum absolute atomic E-state index is 0.0792. The monoisotopic (exact) mass is 259 g/mol. The molecule has 1 amide bonds. The topological polar surface area (TPSA) is 76.1 Å². The van der Waals surface area contributed by atoms with Crippen LogP contribution in [0.1, 0.15) is 27.7 Å². The summed E-state index contributed by atoms with van der Waals surface area (Å²) in [5.74, 6) is -0.908. The van der Waals surface area contributed by atoms with Crippen molar-refractivity contribution in [1.29, 1.82) is 0 Å². The summed E-state index contributed by atoms with van der Waals surface area (Å²) < 4.78 is 9.88. The van der Waals surface area contributed by atoms with Crippen LogP contribution in [0, 0.1) is 5.92 Å². The molecule has 1 aliphatic rings. The van der Waals surface area contributed by atoms with Gasteiger partial charge >= 0.3 is 12.1 Å². The Morgan fingerprint density at radius 2 is 1.89 bits per heavy atom. The predicted molar refractivity (Wildman–Crippen MR) is 63.9 cm³/mol. The Kier molecular flexibility index (Phi) is 4.21. The molecule has 1 N–H and O–H groups in total. The first-order chi connectivity index (χ1) is 8.17. The van der Waals surface area contributed by atoms with Gasteiger partial charge in [-0.3, -0.25) is 4.90 Å². The van der Waals surface area contributed by atoms with Gasteiger partial charge in [0.15, 0.2) is 0 Å². The van der Waals surface area contributed by atoms with Gasteiger partial charge in [0.1, 0.15) is 11.6 Å². The predicted octanol–water partition coefficient (Wildman–Crippen LogP) is 0.776. The molecule has 1 rings (SSSR count). The van der Waals surface area contributed by atoms with E-state index >= 15 is 0 Å². The number of amides is 1. The minimum atomic E-state index is -0.792. The van der Waals surface area contributed by atoms with Crippen molar-refractivity contribution in [3.05, 3.63) is 0 Å². The van der Waals surface area contributed by atoms with Crippen LogP contribution in [0.5, 0.6) is 0 Å². The van der Waals surface area contributed by atoms with Gasteiger partial charge in [-0.25, -0.2) is 9.59 Å². The molecule has 0 bridgehead atoms. The highest BCUT2D eigenvalue weighted by Gasteiger charge is 2.46. The second-order valence-electron chi connectivity index (χ2n) is 5.53. The van der Waals surface area contributed by atoms with Crippen molar-refractivity contribution in [2.75, 3.05) is 13.7 Å². The van der Waals surface area contributed by atoms with E-state index in [-0.39, 0.29) is 12.5 Å². The van der Waals surface area contributed by atoms with Gasteiger partial charge in [-0.2, -0.15) is 0 Å². The van der Waals surface area contributed by atoms with Crippen LogP contribution in [-0.4, -0.2) is 53.5 Å². The third kappa shape index (κ3) is 3.13. The van der Waals surface area contributed by atoms with E-state index < -0.39 is 29.8 Å². The first-order valence-electron chi connectivity index (χ1n) is 5.93. The molecule has 3 atom stereocenters. The van der Waals surface area contributed by atoms with Gasteiger partial charge in [0.25, 0.3) is 0 Å². The lowest BCUT2D eigenvalue weighted by Gasteiger charge is -2.28. The zero-order valence-electron chi connectivity index (χ0n) is 11.5. The van der Waals surface area contributed by atoms with Crippen molar-refractivity contribution in [1.82, 2.24) is 4.90 Å². The van der Waals surface area contributed by atoms with E-state index in [0.29, 0.717) is 0 Å². The van der Waals surface area contributed by atoms with Crippen LogP contribution >= 0.6 is 0 Å². The largest absolute Gasteiger partial charge is 0.467 e. The van der Waals surface area contributed by atoms with Crippen molar-refractivity contribution >= 4 is 12.1 Å². The summed E-state index contributed by atoms with van der Waals surface area (Å²) in [7, 11) is 1.26. The van der Waals surface area contributed by atoms with E-state index in [2.05, 4.69) is 4.74 Å². The first-order valence-corrected chi connectivity index (χ1v) is 5.93. The van der Waals surface area contributed by atoms with Crippen LogP contribution in [0.2, 0.25) is 0 Å². The molecule has 6 nitrogen and oxygen atoms in total. The third-order valence-corrected chi connectivity index (χ3v) is 2.90. The summed E-state index contributed by atoms with van der Waals surface area (Å²) in [5.41, 5.74) is -0.644. The number of carbonyl (C=O) groups is 2. The van der Waals surface area contributed by atoms with Crippen molar-refractivity contribution in [3.63, 3.8) is 0 Å². The number of rotatable bonds is 1. The lowest BCUT2D eigenvalue weighted by Crippen LogP contribution is -2.45. The lowest BCUT2D eigenvalue weighted by molar-refractivity contribution is -0.147. The molecule has 0 aliphatic carbocycles. The standard InChI is InChI=1S/C12H21NO5/c1-7-8(14)6-13(9(7)10(15)17-5)11(16)18-12(2,3)4/h7-9,14H,6H2,1-5H3/t7-,8-,9+/m1/s1. The minimum Gasteiger partial charge on any atom is -0.467 e. The molecule has 1 fully saturated rings. The van der Waals surface area contributed by atoms with Gasteiger partial charge in [-0.1, -0.05) is 6.92 Å². The number of ether oxygens (including phenoxy) is 2. The molecule has 0 unspecified atom stereocenters. The van der Waals surface area contributed by atoms with Gasteiger partial charge in [-0.15, -0.1) is 0 Å². The number of likely N-dealkylation sites (tertiary alicyclic amines) is 1. The summed E-state index contributed by atoms with van der Waals surface area (Å²) in [6.07, 6.45) is -1.36. The van der Waals surface area contributed by atoms with E-state index in [1.807, 2.05) is 0 Å². The molecule has 0 spiro atoms. The average molecular weight is 259 g/mol. The Morgan fingerprint density at radius 1 is 1.33 bits per heavy atom. The fourth-order valence-corrected chi connectivity index (χ4v) is 1.95. The molecular formula is C12H21NO5. The van der Waals surface area contributed by atoms with Gasteiger partial charge < -0.3 is 14.6 Å². The number of aliphatic hydroxyl groups excluding tert-OH is 1. The molecule has 104 valence electrons. The Morgan fingerprint density at radius 3 is 2.33 bits per heavy atom. The number of methoxy groups -OCH3 is 1. The molecule has 0 aromatic carbocycles. The SMILES string of the molecule is COC(=O)[C@@H]1[C@H](C)[C@H](O)CN1C(=O)OC(C)(C)C. The number of nitrogens with zero attached hydrogens (tertiary/aromatic N) is 1. The van der Waals surface area contributed by atoms with Crippen molar-refractivity contribution in [2.24, 2.45) is 5.92 Å². The molecule has 1 aliphatic heterocycles. The van der Waals surface area contributed by atoms with Crippen LogP contribution in [0.25, 0.3) is 0 Å². The zero-order chi connectivity index (χ0) is 14.1. The van der Waals surface area contributed by atoms with Crippen LogP contribution in [0.3, 0.4) is 0 Å². The number of hydrogen-bond donors (Lipinski definition) is 1. The third-order valence-electron chi connectivity index (χ3n) is 2.90. The van der Waals surface area contributed by atoms with E-state index in [1.165, 1.54) is 12.0 Å². The highest BCUT2D eigenvalue weighted by Crippen LogP contribution is 2.27. The van der Waals surface area contributed by atoms with Gasteiger partial charge in [0, 0.05) is 5.92 Å². The summed E-state index contributed by atoms with van der Waals surface area (Å²) in [6.45, 7) is 7.02. The number of aliphatic hydroxyl groups is 1. The van der Waals surface area contributed by atoms with Crippen LogP contribution in [0.15, 0.2) is 0 Å². The maximum absolute atomic E-state index is 12.0. The van der Waals surface area contributed by atoms with Crippen molar-refractivity contribution in [2.45, 2.75) is 45.4 Å². The normalized spacial score (nSPS) is 28.1. The van der Waals surface area contributed by atoms with Gasteiger partial charge in [0.05, 0.1) is 19.8 Å². The second kappa shape index (κ2) is 5.14. The highest BCUT2D eigenvalue weighted by atomic mass is 16.6. The second-order valence-corrected chi connectivity index (χ2v) is 5.53. The summed E-state index contributed by atoms with van der Waals surface area (Å²) in [5, 5.41) is 9.77. The molecule has 0 saturated carbocycles. The summed E-state index contributed by atoms with van der Waals surface area (Å²) >= 11 is 0. The highest BCUT2D eigenvalue weighted by molar-refractivity contribution is 5.82.